The van der Waals surface area contributed by atoms with Gasteiger partial charge in [0.2, 0.25) is 10.0 Å². The monoisotopic (exact) mass is 310 g/mol. The van der Waals surface area contributed by atoms with Crippen molar-refractivity contribution >= 4 is 27.0 Å². The molecule has 0 unspecified atom stereocenters. The van der Waals surface area contributed by atoms with Crippen LogP contribution in [0.1, 0.15) is 10.4 Å². The van der Waals surface area contributed by atoms with Gasteiger partial charge in [-0.3, -0.25) is 0 Å². The predicted octanol–water partition coefficient (Wildman–Crippen LogP) is 2.03. The van der Waals surface area contributed by atoms with E-state index in [1.165, 1.54) is 0 Å². The molecule has 0 radical (unpaired) electrons. The number of hydrogen-bond acceptors (Lipinski definition) is 4. The van der Waals surface area contributed by atoms with E-state index in [4.69, 9.17) is 5.73 Å². The van der Waals surface area contributed by atoms with E-state index in [9.17, 15) is 8.42 Å². The number of anilines is 1. The Bertz CT molecular complexity index is 620. The lowest BCUT2D eigenvalue weighted by molar-refractivity contribution is 0.581. The Morgan fingerprint density at radius 2 is 1.85 bits per heavy atom. The first-order chi connectivity index (χ1) is 9.55. The lowest BCUT2D eigenvalue weighted by atomic mass is 10.1. The third-order valence-electron chi connectivity index (χ3n) is 2.91. The van der Waals surface area contributed by atoms with Crippen molar-refractivity contribution in [2.75, 3.05) is 18.0 Å². The molecule has 0 bridgehead atoms. The molecular weight excluding hydrogens is 292 g/mol. The predicted molar refractivity (Wildman–Crippen MR) is 84.4 cm³/mol. The van der Waals surface area contributed by atoms with Gasteiger partial charge in [0.25, 0.3) is 0 Å². The molecule has 1 aromatic carbocycles. The first-order valence-corrected chi connectivity index (χ1v) is 8.92. The van der Waals surface area contributed by atoms with Gasteiger partial charge in [-0.25, -0.2) is 13.1 Å². The van der Waals surface area contributed by atoms with Gasteiger partial charge in [-0.15, -0.1) is 11.3 Å². The third kappa shape index (κ3) is 4.96. The Hall–Kier alpha value is -1.37. The van der Waals surface area contributed by atoms with E-state index in [-0.39, 0.29) is 5.75 Å². The quantitative estimate of drug-likeness (QED) is 0.769. The molecule has 0 aliphatic rings. The van der Waals surface area contributed by atoms with Gasteiger partial charge in [0.15, 0.2) is 0 Å². The van der Waals surface area contributed by atoms with Gasteiger partial charge in [-0.05, 0) is 42.0 Å². The summed E-state index contributed by atoms with van der Waals surface area (Å²) in [5, 5.41) is 1.95. The van der Waals surface area contributed by atoms with E-state index in [0.717, 1.165) is 10.4 Å². The second-order valence-electron chi connectivity index (χ2n) is 4.53. The van der Waals surface area contributed by atoms with Crippen molar-refractivity contribution < 1.29 is 8.42 Å². The minimum absolute atomic E-state index is 0.134. The van der Waals surface area contributed by atoms with Crippen molar-refractivity contribution in [2.45, 2.75) is 12.8 Å². The Labute approximate surface area is 123 Å². The highest BCUT2D eigenvalue weighted by molar-refractivity contribution is 7.89. The highest BCUT2D eigenvalue weighted by Crippen LogP contribution is 2.10. The average Bonchev–Trinajstić information content (AvgIpc) is 2.92. The number of nitrogens with two attached hydrogens (primary N) is 1. The molecule has 2 rings (SSSR count). The molecule has 0 aliphatic carbocycles. The molecule has 0 saturated carbocycles. The molecule has 2 aromatic rings. The van der Waals surface area contributed by atoms with Gasteiger partial charge < -0.3 is 5.73 Å². The topological polar surface area (TPSA) is 72.2 Å². The number of hydrogen-bond donors (Lipinski definition) is 2. The Morgan fingerprint density at radius 1 is 1.10 bits per heavy atom. The molecule has 6 heteroatoms. The van der Waals surface area contributed by atoms with E-state index in [0.29, 0.717) is 25.1 Å². The van der Waals surface area contributed by atoms with Gasteiger partial charge in [0.05, 0.1) is 5.75 Å². The van der Waals surface area contributed by atoms with Gasteiger partial charge in [0, 0.05) is 17.1 Å². The van der Waals surface area contributed by atoms with E-state index in [1.807, 2.05) is 41.8 Å². The molecular formula is C14H18N2O2S2. The van der Waals surface area contributed by atoms with E-state index in [1.54, 1.807) is 11.3 Å². The zero-order chi connectivity index (χ0) is 14.4. The molecule has 0 amide bonds. The summed E-state index contributed by atoms with van der Waals surface area (Å²) in [5.74, 6) is 0.134. The van der Waals surface area contributed by atoms with Crippen LogP contribution in [0.25, 0.3) is 0 Å². The summed E-state index contributed by atoms with van der Waals surface area (Å²) in [6, 6.07) is 11.3. The number of nitrogens with one attached hydrogen (secondary N) is 1. The molecule has 20 heavy (non-hydrogen) atoms. The zero-order valence-electron chi connectivity index (χ0n) is 11.1. The molecule has 0 spiro atoms. The number of thiophene rings is 1. The summed E-state index contributed by atoms with van der Waals surface area (Å²) in [6.07, 6.45) is 1.23. The maximum Gasteiger partial charge on any atom is 0.211 e. The Kier molecular flexibility index (Phi) is 5.17. The van der Waals surface area contributed by atoms with Gasteiger partial charge in [0.1, 0.15) is 0 Å². The summed E-state index contributed by atoms with van der Waals surface area (Å²) >= 11 is 1.58. The molecule has 1 heterocycles. The molecule has 0 aliphatic heterocycles. The number of sulfonamides is 1. The van der Waals surface area contributed by atoms with Crippen molar-refractivity contribution in [1.29, 1.82) is 0 Å². The molecule has 4 nitrogen and oxygen atoms in total. The molecule has 0 saturated heterocycles. The van der Waals surface area contributed by atoms with Gasteiger partial charge in [-0.1, -0.05) is 18.2 Å². The second kappa shape index (κ2) is 6.88. The van der Waals surface area contributed by atoms with Crippen LogP contribution in [0.3, 0.4) is 0 Å². The summed E-state index contributed by atoms with van der Waals surface area (Å²) in [7, 11) is -3.20. The van der Waals surface area contributed by atoms with Crippen molar-refractivity contribution in [3.8, 4) is 0 Å². The lowest BCUT2D eigenvalue weighted by Crippen LogP contribution is -2.29. The van der Waals surface area contributed by atoms with Crippen molar-refractivity contribution in [2.24, 2.45) is 0 Å². The van der Waals surface area contributed by atoms with Crippen LogP contribution in [0.4, 0.5) is 5.69 Å². The summed E-state index contributed by atoms with van der Waals surface area (Å²) in [5.41, 5.74) is 7.38. The first kappa shape index (κ1) is 15.0. The van der Waals surface area contributed by atoms with Crippen LogP contribution in [0, 0.1) is 0 Å². The molecule has 0 atom stereocenters. The maximum atomic E-state index is 11.8. The van der Waals surface area contributed by atoms with E-state index in [2.05, 4.69) is 4.72 Å². The average molecular weight is 310 g/mol. The molecule has 0 fully saturated rings. The van der Waals surface area contributed by atoms with Crippen LogP contribution >= 0.6 is 11.3 Å². The van der Waals surface area contributed by atoms with Gasteiger partial charge >= 0.3 is 0 Å². The summed E-state index contributed by atoms with van der Waals surface area (Å²) in [6.45, 7) is 0.413. The number of benzene rings is 1. The normalized spacial score (nSPS) is 11.6. The molecule has 108 valence electrons. The zero-order valence-corrected chi connectivity index (χ0v) is 12.7. The maximum absolute atomic E-state index is 11.8. The first-order valence-electron chi connectivity index (χ1n) is 6.39. The van der Waals surface area contributed by atoms with Crippen molar-refractivity contribution in [3.63, 3.8) is 0 Å². The van der Waals surface area contributed by atoms with Crippen LogP contribution in [-0.4, -0.2) is 20.7 Å². The number of aryl methyl sites for hydroxylation is 1. The highest BCUT2D eigenvalue weighted by atomic mass is 32.2. The number of nitrogen functional groups attached to an aromatic ring is 1. The second-order valence-corrected chi connectivity index (χ2v) is 7.49. The van der Waals surface area contributed by atoms with Crippen LogP contribution in [-0.2, 0) is 22.9 Å². The van der Waals surface area contributed by atoms with Crippen molar-refractivity contribution in [3.05, 3.63) is 52.2 Å². The van der Waals surface area contributed by atoms with Crippen molar-refractivity contribution in [1.82, 2.24) is 4.72 Å². The molecule has 1 aromatic heterocycles. The fourth-order valence-corrected chi connectivity index (χ4v) is 3.68. The Balaban J connectivity index is 1.76. The largest absolute Gasteiger partial charge is 0.399 e. The number of rotatable bonds is 7. The van der Waals surface area contributed by atoms with Crippen LogP contribution in [0.5, 0.6) is 0 Å². The summed E-state index contributed by atoms with van der Waals surface area (Å²) < 4.78 is 26.3. The van der Waals surface area contributed by atoms with E-state index < -0.39 is 10.0 Å². The fraction of sp³-hybridized carbons (Fsp3) is 0.286. The summed E-state index contributed by atoms with van der Waals surface area (Å²) in [4.78, 5) is 1.09. The fourth-order valence-electron chi connectivity index (χ4n) is 1.80. The van der Waals surface area contributed by atoms with Crippen LogP contribution in [0.2, 0.25) is 0 Å². The lowest BCUT2D eigenvalue weighted by Gasteiger charge is -2.06. The van der Waals surface area contributed by atoms with Crippen LogP contribution < -0.4 is 10.5 Å². The van der Waals surface area contributed by atoms with Crippen LogP contribution in [0.15, 0.2) is 41.8 Å². The minimum Gasteiger partial charge on any atom is -0.399 e. The third-order valence-corrected chi connectivity index (χ3v) is 5.23. The minimum atomic E-state index is -3.20. The standard InChI is InChI=1S/C14H18N2O2S2/c15-13-5-3-12(4-6-13)7-9-16-20(17,18)11-8-14-2-1-10-19-14/h1-6,10,16H,7-9,11,15H2. The smallest absolute Gasteiger partial charge is 0.211 e. The Morgan fingerprint density at radius 3 is 2.50 bits per heavy atom. The van der Waals surface area contributed by atoms with Gasteiger partial charge in [-0.2, -0.15) is 0 Å². The SMILES string of the molecule is Nc1ccc(CCNS(=O)(=O)CCc2cccs2)cc1. The molecule has 3 N–H and O–H groups in total. The highest BCUT2D eigenvalue weighted by Gasteiger charge is 2.10. The van der Waals surface area contributed by atoms with E-state index >= 15 is 0 Å².